The number of ether oxygens (including phenoxy) is 3. The first-order chi connectivity index (χ1) is 23.8. The maximum atomic E-state index is 12.2. The van der Waals surface area contributed by atoms with Crippen molar-refractivity contribution in [1.29, 1.82) is 0 Å². The van der Waals surface area contributed by atoms with Gasteiger partial charge in [0.05, 0.1) is 0 Å². The Balaban J connectivity index is 0. The average molecular weight is 697 g/mol. The Hall–Kier alpha value is -1.59. The van der Waals surface area contributed by atoms with Gasteiger partial charge >= 0.3 is 17.9 Å². The number of carbonyl (C=O) groups is 3. The second-order valence-corrected chi connectivity index (χ2v) is 14.7. The average Bonchev–Trinajstić information content (AvgIpc) is 3.08. The van der Waals surface area contributed by atoms with Gasteiger partial charge in [0, 0.05) is 19.3 Å². The molecule has 0 radical (unpaired) electrons. The van der Waals surface area contributed by atoms with Crippen molar-refractivity contribution in [3.05, 3.63) is 0 Å². The van der Waals surface area contributed by atoms with E-state index in [0.717, 1.165) is 83.0 Å². The first-order valence-electron chi connectivity index (χ1n) is 21.3. The summed E-state index contributed by atoms with van der Waals surface area (Å²) in [6.07, 6.45) is 33.5. The van der Waals surface area contributed by atoms with Gasteiger partial charge in [-0.25, -0.2) is 0 Å². The third-order valence-corrected chi connectivity index (χ3v) is 9.00. The SMILES string of the molecule is CCCCCCCC(=O)OCC(COC(=O)CCCCCCC)OC(=O)CCCCCCC.CCCCCCCCCCCCCC(C)C. The van der Waals surface area contributed by atoms with Gasteiger partial charge in [0.2, 0.25) is 0 Å². The fourth-order valence-electron chi connectivity index (χ4n) is 5.71. The molecule has 0 heterocycles. The van der Waals surface area contributed by atoms with E-state index in [4.69, 9.17) is 14.2 Å². The molecule has 0 aliphatic heterocycles. The van der Waals surface area contributed by atoms with Crippen LogP contribution in [0.25, 0.3) is 0 Å². The lowest BCUT2D eigenvalue weighted by atomic mass is 10.0. The van der Waals surface area contributed by atoms with Crippen molar-refractivity contribution in [2.75, 3.05) is 13.2 Å². The second kappa shape index (κ2) is 40.8. The molecule has 6 nitrogen and oxygen atoms in total. The molecular weight excluding hydrogens is 612 g/mol. The lowest BCUT2D eigenvalue weighted by molar-refractivity contribution is -0.167. The van der Waals surface area contributed by atoms with Crippen molar-refractivity contribution in [2.24, 2.45) is 5.92 Å². The Kier molecular flexibility index (Phi) is 41.3. The van der Waals surface area contributed by atoms with E-state index < -0.39 is 6.10 Å². The summed E-state index contributed by atoms with van der Waals surface area (Å²) in [5, 5.41) is 0. The van der Waals surface area contributed by atoms with Crippen LogP contribution < -0.4 is 0 Å². The van der Waals surface area contributed by atoms with Crippen LogP contribution in [0.15, 0.2) is 0 Å². The Morgan fingerprint density at radius 1 is 0.388 bits per heavy atom. The molecule has 0 saturated heterocycles. The predicted molar refractivity (Wildman–Crippen MR) is 208 cm³/mol. The number of hydrogen-bond acceptors (Lipinski definition) is 6. The molecule has 0 aromatic rings. The van der Waals surface area contributed by atoms with Crippen LogP contribution in [-0.2, 0) is 28.6 Å². The Morgan fingerprint density at radius 3 is 1.00 bits per heavy atom. The zero-order valence-electron chi connectivity index (χ0n) is 33.7. The van der Waals surface area contributed by atoms with Crippen LogP contribution in [0.4, 0.5) is 0 Å². The standard InChI is InChI=1S/C27H50O6.C16H34/c1-4-7-10-13-16-19-25(28)31-22-24(33-27(30)21-18-15-12-9-6-3)23-32-26(29)20-17-14-11-8-5-2;1-4-5-6-7-8-9-10-11-12-13-14-15-16(2)3/h24H,4-23H2,1-3H3;16H,4-15H2,1-3H3. The summed E-state index contributed by atoms with van der Waals surface area (Å²) in [4.78, 5) is 36.3. The molecule has 0 saturated carbocycles. The van der Waals surface area contributed by atoms with Crippen LogP contribution in [0, 0.1) is 5.92 Å². The number of carbonyl (C=O) groups excluding carboxylic acids is 3. The van der Waals surface area contributed by atoms with Crippen LogP contribution >= 0.6 is 0 Å². The molecule has 0 aliphatic rings. The predicted octanol–water partition coefficient (Wildman–Crippen LogP) is 13.4. The summed E-state index contributed by atoms with van der Waals surface area (Å²) < 4.78 is 16.1. The highest BCUT2D eigenvalue weighted by Crippen LogP contribution is 2.14. The summed E-state index contributed by atoms with van der Waals surface area (Å²) in [6.45, 7) is 13.3. The summed E-state index contributed by atoms with van der Waals surface area (Å²) in [6, 6.07) is 0. The van der Waals surface area contributed by atoms with E-state index in [1.165, 1.54) is 96.3 Å². The summed E-state index contributed by atoms with van der Waals surface area (Å²) in [5.74, 6) is -0.0231. The lowest BCUT2D eigenvalue weighted by Crippen LogP contribution is -2.30. The minimum absolute atomic E-state index is 0.0703. The smallest absolute Gasteiger partial charge is 0.306 e. The molecule has 0 bridgehead atoms. The van der Waals surface area contributed by atoms with Gasteiger partial charge in [0.25, 0.3) is 0 Å². The molecule has 0 aromatic carbocycles. The largest absolute Gasteiger partial charge is 0.462 e. The monoisotopic (exact) mass is 697 g/mol. The van der Waals surface area contributed by atoms with Crippen LogP contribution in [0.1, 0.15) is 234 Å². The van der Waals surface area contributed by atoms with Crippen LogP contribution in [0.2, 0.25) is 0 Å². The fraction of sp³-hybridized carbons (Fsp3) is 0.930. The first-order valence-corrected chi connectivity index (χ1v) is 21.3. The van der Waals surface area contributed by atoms with E-state index >= 15 is 0 Å². The van der Waals surface area contributed by atoms with Crippen molar-refractivity contribution in [3.63, 3.8) is 0 Å². The number of hydrogen-bond donors (Lipinski definition) is 0. The molecule has 0 aromatic heterocycles. The maximum Gasteiger partial charge on any atom is 0.306 e. The maximum absolute atomic E-state index is 12.2. The first kappa shape index (κ1) is 49.5. The molecule has 6 heteroatoms. The molecule has 0 unspecified atom stereocenters. The topological polar surface area (TPSA) is 78.9 Å². The van der Waals surface area contributed by atoms with E-state index in [1.807, 2.05) is 0 Å². The highest BCUT2D eigenvalue weighted by Gasteiger charge is 2.19. The van der Waals surface area contributed by atoms with Gasteiger partial charge in [-0.1, -0.05) is 196 Å². The third kappa shape index (κ3) is 42.5. The van der Waals surface area contributed by atoms with E-state index in [9.17, 15) is 14.4 Å². The van der Waals surface area contributed by atoms with Crippen molar-refractivity contribution in [3.8, 4) is 0 Å². The van der Waals surface area contributed by atoms with Crippen LogP contribution in [-0.4, -0.2) is 37.2 Å². The Morgan fingerprint density at radius 2 is 0.673 bits per heavy atom. The van der Waals surface area contributed by atoms with Gasteiger partial charge in [-0.15, -0.1) is 0 Å². The Labute approximate surface area is 305 Å². The molecule has 292 valence electrons. The highest BCUT2D eigenvalue weighted by molar-refractivity contribution is 5.71. The van der Waals surface area contributed by atoms with E-state index in [0.29, 0.717) is 19.3 Å². The van der Waals surface area contributed by atoms with Gasteiger partial charge in [-0.2, -0.15) is 0 Å². The normalized spacial score (nSPS) is 11.0. The number of unbranched alkanes of at least 4 members (excludes halogenated alkanes) is 22. The minimum atomic E-state index is -0.749. The summed E-state index contributed by atoms with van der Waals surface area (Å²) in [7, 11) is 0. The van der Waals surface area contributed by atoms with Gasteiger partial charge < -0.3 is 14.2 Å². The van der Waals surface area contributed by atoms with E-state index in [1.54, 1.807) is 0 Å². The molecule has 0 atom stereocenters. The molecule has 0 fully saturated rings. The molecule has 0 amide bonds. The number of esters is 3. The van der Waals surface area contributed by atoms with Gasteiger partial charge in [0.1, 0.15) is 13.2 Å². The van der Waals surface area contributed by atoms with Crippen LogP contribution in [0.3, 0.4) is 0 Å². The van der Waals surface area contributed by atoms with Gasteiger partial charge in [-0.05, 0) is 25.2 Å². The van der Waals surface area contributed by atoms with Gasteiger partial charge in [0.15, 0.2) is 6.10 Å². The van der Waals surface area contributed by atoms with E-state index in [-0.39, 0.29) is 31.1 Å². The zero-order valence-corrected chi connectivity index (χ0v) is 33.7. The van der Waals surface area contributed by atoms with Crippen LogP contribution in [0.5, 0.6) is 0 Å². The molecule has 0 spiro atoms. The number of rotatable bonds is 35. The fourth-order valence-corrected chi connectivity index (χ4v) is 5.71. The lowest BCUT2D eigenvalue weighted by Gasteiger charge is -2.18. The van der Waals surface area contributed by atoms with E-state index in [2.05, 4.69) is 41.5 Å². The zero-order chi connectivity index (χ0) is 36.6. The molecule has 0 N–H and O–H groups in total. The second-order valence-electron chi connectivity index (χ2n) is 14.7. The molecular formula is C43H84O6. The molecule has 0 rings (SSSR count). The molecule has 49 heavy (non-hydrogen) atoms. The van der Waals surface area contributed by atoms with Crippen molar-refractivity contribution >= 4 is 17.9 Å². The quantitative estimate of drug-likeness (QED) is 0.0373. The van der Waals surface area contributed by atoms with Crippen molar-refractivity contribution < 1.29 is 28.6 Å². The summed E-state index contributed by atoms with van der Waals surface area (Å²) in [5.41, 5.74) is 0. The highest BCUT2D eigenvalue weighted by atomic mass is 16.6. The van der Waals surface area contributed by atoms with Gasteiger partial charge in [-0.3, -0.25) is 14.4 Å². The minimum Gasteiger partial charge on any atom is -0.462 e. The van der Waals surface area contributed by atoms with Crippen molar-refractivity contribution in [2.45, 2.75) is 240 Å². The van der Waals surface area contributed by atoms with Crippen molar-refractivity contribution in [1.82, 2.24) is 0 Å². The molecule has 0 aliphatic carbocycles. The summed E-state index contributed by atoms with van der Waals surface area (Å²) >= 11 is 0. The third-order valence-electron chi connectivity index (χ3n) is 9.00. The Bertz CT molecular complexity index is 676.